The molecule has 0 N–H and O–H groups in total. The first-order valence-electron chi connectivity index (χ1n) is 8.93. The second-order valence-electron chi connectivity index (χ2n) is 5.47. The van der Waals surface area contributed by atoms with Gasteiger partial charge in [0.25, 0.3) is 0 Å². The summed E-state index contributed by atoms with van der Waals surface area (Å²) < 4.78 is 20.5. The van der Waals surface area contributed by atoms with Gasteiger partial charge in [-0.25, -0.2) is 4.98 Å². The fourth-order valence-corrected chi connectivity index (χ4v) is 9.31. The Morgan fingerprint density at radius 2 is 1.48 bits per heavy atom. The van der Waals surface area contributed by atoms with Crippen molar-refractivity contribution < 1.29 is 13.3 Å². The Bertz CT molecular complexity index is 824. The van der Waals surface area contributed by atoms with Crippen molar-refractivity contribution in [1.82, 2.24) is 4.98 Å². The molecule has 3 rings (SSSR count). The van der Waals surface area contributed by atoms with E-state index in [2.05, 4.69) is 18.2 Å². The summed E-state index contributed by atoms with van der Waals surface area (Å²) in [6, 6.07) is 16.4. The number of hydrogen-bond acceptors (Lipinski definition) is 7. The lowest BCUT2D eigenvalue weighted by atomic mass is 10.3. The van der Waals surface area contributed by atoms with E-state index >= 15 is 0 Å². The first-order valence-corrected chi connectivity index (χ1v) is 13.6. The molecule has 0 atom stereocenters. The number of benzene rings is 2. The van der Waals surface area contributed by atoms with E-state index in [9.17, 15) is 0 Å². The second kappa shape index (κ2) is 10.1. The molecule has 0 fully saturated rings. The molecule has 3 aromatic rings. The molecule has 0 unspecified atom stereocenters. The average Bonchev–Trinajstić information content (AvgIpc) is 3.10. The molecule has 0 saturated carbocycles. The molecule has 0 saturated heterocycles. The Labute approximate surface area is 173 Å². The predicted octanol–water partition coefficient (Wildman–Crippen LogP) is 5.35. The summed E-state index contributed by atoms with van der Waals surface area (Å²) in [7, 11) is 0.405. The van der Waals surface area contributed by atoms with E-state index < -0.39 is 8.80 Å². The van der Waals surface area contributed by atoms with Crippen LogP contribution in [0.1, 0.15) is 20.8 Å². The molecular formula is C19H23NO3S3Si. The Kier molecular flexibility index (Phi) is 7.77. The van der Waals surface area contributed by atoms with Gasteiger partial charge in [0.05, 0.1) is 10.2 Å². The Balaban J connectivity index is 1.87. The van der Waals surface area contributed by atoms with Gasteiger partial charge in [-0.1, -0.05) is 41.1 Å². The van der Waals surface area contributed by atoms with E-state index in [1.807, 2.05) is 51.1 Å². The molecule has 0 bridgehead atoms. The molecule has 8 heteroatoms. The average molecular weight is 438 g/mol. The van der Waals surface area contributed by atoms with Gasteiger partial charge in [0.2, 0.25) is 0 Å². The van der Waals surface area contributed by atoms with Crippen LogP contribution in [0.2, 0.25) is 0 Å². The molecule has 144 valence electrons. The molecule has 0 radical (unpaired) electrons. The van der Waals surface area contributed by atoms with E-state index in [1.54, 1.807) is 32.9 Å². The predicted molar refractivity (Wildman–Crippen MR) is 118 cm³/mol. The van der Waals surface area contributed by atoms with E-state index in [1.165, 1.54) is 4.70 Å². The number of fused-ring (bicyclic) bond motifs is 1. The molecule has 0 aliphatic carbocycles. The lowest BCUT2D eigenvalue weighted by molar-refractivity contribution is 0.0854. The van der Waals surface area contributed by atoms with Crippen LogP contribution in [-0.2, 0) is 13.3 Å². The summed E-state index contributed by atoms with van der Waals surface area (Å²) in [5, 5.41) is 1.02. The Morgan fingerprint density at radius 3 is 2.15 bits per heavy atom. The SMILES string of the molecule is CCO[Si](OCC)(OCC)c1ccccc1SSc1nc2ccccc2s1. The van der Waals surface area contributed by atoms with Gasteiger partial charge in [-0.2, -0.15) is 0 Å². The first-order chi connectivity index (χ1) is 13.2. The minimum absolute atomic E-state index is 0.552. The van der Waals surface area contributed by atoms with Crippen LogP contribution >= 0.6 is 32.9 Å². The normalized spacial score (nSPS) is 12.0. The highest BCUT2D eigenvalue weighted by molar-refractivity contribution is 8.77. The van der Waals surface area contributed by atoms with Gasteiger partial charge in [0.15, 0.2) is 4.34 Å². The standard InChI is InChI=1S/C19H23NO3S3Si/c1-4-21-27(22-5-2,23-6-3)18-14-10-9-13-17(18)25-26-19-20-15-11-7-8-12-16(15)24-19/h7-14H,4-6H2,1-3H3. The van der Waals surface area contributed by atoms with E-state index in [0.29, 0.717) is 19.8 Å². The van der Waals surface area contributed by atoms with Crippen LogP contribution in [0, 0.1) is 0 Å². The molecular weight excluding hydrogens is 415 g/mol. The summed E-state index contributed by atoms with van der Waals surface area (Å²) in [6.45, 7) is 7.59. The topological polar surface area (TPSA) is 40.6 Å². The van der Waals surface area contributed by atoms with Crippen LogP contribution in [0.4, 0.5) is 0 Å². The van der Waals surface area contributed by atoms with Crippen LogP contribution in [0.15, 0.2) is 57.8 Å². The maximum absolute atomic E-state index is 6.10. The molecule has 0 spiro atoms. The molecule has 27 heavy (non-hydrogen) atoms. The van der Waals surface area contributed by atoms with Crippen molar-refractivity contribution in [2.75, 3.05) is 19.8 Å². The quantitative estimate of drug-likeness (QED) is 0.314. The van der Waals surface area contributed by atoms with Crippen molar-refractivity contribution in [3.8, 4) is 0 Å². The maximum atomic E-state index is 6.10. The number of thiazole rings is 1. The van der Waals surface area contributed by atoms with Crippen molar-refractivity contribution >= 4 is 57.1 Å². The summed E-state index contributed by atoms with van der Waals surface area (Å²) in [5.41, 5.74) is 1.04. The zero-order valence-corrected chi connectivity index (χ0v) is 19.1. The number of hydrogen-bond donors (Lipinski definition) is 0. The second-order valence-corrected chi connectivity index (χ2v) is 11.4. The third-order valence-electron chi connectivity index (χ3n) is 3.70. The van der Waals surface area contributed by atoms with Gasteiger partial charge in [-0.3, -0.25) is 0 Å². The van der Waals surface area contributed by atoms with Gasteiger partial charge < -0.3 is 13.3 Å². The zero-order valence-electron chi connectivity index (χ0n) is 15.6. The third kappa shape index (κ3) is 4.95. The summed E-state index contributed by atoms with van der Waals surface area (Å²) in [6.07, 6.45) is 0. The Hall–Kier alpha value is -0.873. The number of para-hydroxylation sites is 1. The minimum atomic E-state index is -2.94. The monoisotopic (exact) mass is 437 g/mol. The third-order valence-corrected chi connectivity index (χ3v) is 10.7. The summed E-state index contributed by atoms with van der Waals surface area (Å²) in [4.78, 5) is 5.81. The molecule has 1 aromatic heterocycles. The van der Waals surface area contributed by atoms with Crippen LogP contribution < -0.4 is 5.19 Å². The molecule has 0 amide bonds. The van der Waals surface area contributed by atoms with Crippen LogP contribution in [0.3, 0.4) is 0 Å². The van der Waals surface area contributed by atoms with Gasteiger partial charge >= 0.3 is 8.80 Å². The van der Waals surface area contributed by atoms with Gasteiger partial charge in [-0.05, 0) is 49.8 Å². The Morgan fingerprint density at radius 1 is 0.852 bits per heavy atom. The lowest BCUT2D eigenvalue weighted by Crippen LogP contribution is -2.57. The van der Waals surface area contributed by atoms with Gasteiger partial charge in [-0.15, -0.1) is 11.3 Å². The van der Waals surface area contributed by atoms with E-state index in [-0.39, 0.29) is 0 Å². The van der Waals surface area contributed by atoms with Crippen LogP contribution in [-0.4, -0.2) is 33.6 Å². The van der Waals surface area contributed by atoms with Crippen LogP contribution in [0.25, 0.3) is 10.2 Å². The fourth-order valence-electron chi connectivity index (χ4n) is 2.69. The largest absolute Gasteiger partial charge is 0.538 e. The van der Waals surface area contributed by atoms with Crippen molar-refractivity contribution in [2.24, 2.45) is 0 Å². The van der Waals surface area contributed by atoms with Crippen LogP contribution in [0.5, 0.6) is 0 Å². The molecule has 0 aliphatic heterocycles. The van der Waals surface area contributed by atoms with E-state index in [0.717, 1.165) is 19.9 Å². The van der Waals surface area contributed by atoms with Crippen molar-refractivity contribution in [3.63, 3.8) is 0 Å². The zero-order chi connectivity index (χ0) is 19.1. The molecule has 1 heterocycles. The molecule has 4 nitrogen and oxygen atoms in total. The fraction of sp³-hybridized carbons (Fsp3) is 0.316. The number of aromatic nitrogens is 1. The van der Waals surface area contributed by atoms with Crippen molar-refractivity contribution in [2.45, 2.75) is 30.0 Å². The number of rotatable bonds is 10. The molecule has 0 aliphatic rings. The summed E-state index contributed by atoms with van der Waals surface area (Å²) >= 11 is 1.71. The van der Waals surface area contributed by atoms with Crippen molar-refractivity contribution in [1.29, 1.82) is 0 Å². The molecule has 2 aromatic carbocycles. The van der Waals surface area contributed by atoms with E-state index in [4.69, 9.17) is 18.3 Å². The van der Waals surface area contributed by atoms with Gasteiger partial charge in [0.1, 0.15) is 0 Å². The minimum Gasteiger partial charge on any atom is -0.370 e. The van der Waals surface area contributed by atoms with Gasteiger partial charge in [0, 0.05) is 29.9 Å². The highest BCUT2D eigenvalue weighted by Gasteiger charge is 2.45. The highest BCUT2D eigenvalue weighted by atomic mass is 33.1. The lowest BCUT2D eigenvalue weighted by Gasteiger charge is -2.29. The highest BCUT2D eigenvalue weighted by Crippen LogP contribution is 2.40. The number of nitrogens with zero attached hydrogens (tertiary/aromatic N) is 1. The summed E-state index contributed by atoms with van der Waals surface area (Å²) in [5.74, 6) is 0. The first kappa shape index (κ1) is 20.9. The van der Waals surface area contributed by atoms with Crippen molar-refractivity contribution in [3.05, 3.63) is 48.5 Å². The maximum Gasteiger partial charge on any atom is 0.538 e. The smallest absolute Gasteiger partial charge is 0.370 e.